The number of hydrogen-bond acceptors (Lipinski definition) is 2. The molecule has 0 saturated heterocycles. The van der Waals surface area contributed by atoms with E-state index in [1.165, 1.54) is 0 Å². The fraction of sp³-hybridized carbons (Fsp3) is 0.625. The summed E-state index contributed by atoms with van der Waals surface area (Å²) in [6.45, 7) is 0. The van der Waals surface area contributed by atoms with Crippen LogP contribution >= 0.6 is 11.6 Å². The SMILES string of the molecule is CN=C(C(Cl)=C(N)C1CC1)C(F)(F)F. The second kappa shape index (κ2) is 3.81. The number of nitrogens with zero attached hydrogens (tertiary/aromatic N) is 1. The van der Waals surface area contributed by atoms with Gasteiger partial charge >= 0.3 is 6.18 Å². The van der Waals surface area contributed by atoms with Crippen LogP contribution in [0.5, 0.6) is 0 Å². The van der Waals surface area contributed by atoms with Crippen LogP contribution in [0.15, 0.2) is 15.7 Å². The highest BCUT2D eigenvalue weighted by atomic mass is 35.5. The topological polar surface area (TPSA) is 38.4 Å². The molecule has 0 radical (unpaired) electrons. The molecule has 1 saturated carbocycles. The Kier molecular flexibility index (Phi) is 3.09. The van der Waals surface area contributed by atoms with Crippen LogP contribution in [-0.4, -0.2) is 18.9 Å². The van der Waals surface area contributed by atoms with Crippen molar-refractivity contribution in [3.8, 4) is 0 Å². The lowest BCUT2D eigenvalue weighted by Gasteiger charge is -2.10. The van der Waals surface area contributed by atoms with Gasteiger partial charge < -0.3 is 5.73 Å². The van der Waals surface area contributed by atoms with Crippen LogP contribution in [0.4, 0.5) is 13.2 Å². The van der Waals surface area contributed by atoms with Gasteiger partial charge in [-0.15, -0.1) is 0 Å². The molecule has 1 aliphatic rings. The minimum atomic E-state index is -4.54. The maximum Gasteiger partial charge on any atom is 0.434 e. The molecule has 0 unspecified atom stereocenters. The molecule has 0 aromatic heterocycles. The van der Waals surface area contributed by atoms with E-state index in [0.29, 0.717) is 0 Å². The maximum absolute atomic E-state index is 12.3. The van der Waals surface area contributed by atoms with Crippen molar-refractivity contribution in [2.24, 2.45) is 16.6 Å². The van der Waals surface area contributed by atoms with Gasteiger partial charge in [-0.05, 0) is 12.8 Å². The first-order valence-corrected chi connectivity index (χ1v) is 4.45. The quantitative estimate of drug-likeness (QED) is 0.722. The largest absolute Gasteiger partial charge is 0.434 e. The summed E-state index contributed by atoms with van der Waals surface area (Å²) in [4.78, 5) is 3.11. The van der Waals surface area contributed by atoms with Crippen LogP contribution < -0.4 is 5.73 Å². The molecule has 0 heterocycles. The monoisotopic (exact) mass is 226 g/mol. The molecule has 1 fully saturated rings. The van der Waals surface area contributed by atoms with E-state index >= 15 is 0 Å². The summed E-state index contributed by atoms with van der Waals surface area (Å²) in [7, 11) is 1.05. The molecular weight excluding hydrogens is 217 g/mol. The van der Waals surface area contributed by atoms with Crippen molar-refractivity contribution in [2.45, 2.75) is 19.0 Å². The number of hydrogen-bond donors (Lipinski definition) is 1. The highest BCUT2D eigenvalue weighted by molar-refractivity contribution is 6.44. The molecular formula is C8H10ClF3N2. The number of allylic oxidation sites excluding steroid dienone is 2. The third kappa shape index (κ3) is 2.41. The fourth-order valence-electron chi connectivity index (χ4n) is 1.06. The maximum atomic E-state index is 12.3. The second-order valence-electron chi connectivity index (χ2n) is 3.11. The van der Waals surface area contributed by atoms with Crippen molar-refractivity contribution < 1.29 is 13.2 Å². The summed E-state index contributed by atoms with van der Waals surface area (Å²) in [5, 5.41) is -0.456. The van der Waals surface area contributed by atoms with Crippen molar-refractivity contribution in [3.63, 3.8) is 0 Å². The highest BCUT2D eigenvalue weighted by Crippen LogP contribution is 2.37. The molecule has 14 heavy (non-hydrogen) atoms. The summed E-state index contributed by atoms with van der Waals surface area (Å²) < 4.78 is 36.9. The van der Waals surface area contributed by atoms with E-state index in [2.05, 4.69) is 4.99 Å². The first-order valence-electron chi connectivity index (χ1n) is 4.07. The molecule has 0 aliphatic heterocycles. The number of nitrogens with two attached hydrogens (primary N) is 1. The normalized spacial score (nSPS) is 20.8. The van der Waals surface area contributed by atoms with Gasteiger partial charge in [0.15, 0.2) is 5.71 Å². The molecule has 0 spiro atoms. The summed E-state index contributed by atoms with van der Waals surface area (Å²) in [6.07, 6.45) is -2.93. The minimum absolute atomic E-state index is 0.00148. The van der Waals surface area contributed by atoms with Crippen LogP contribution in [-0.2, 0) is 0 Å². The smallest absolute Gasteiger partial charge is 0.401 e. The van der Waals surface area contributed by atoms with E-state index in [9.17, 15) is 13.2 Å². The van der Waals surface area contributed by atoms with Crippen molar-refractivity contribution in [2.75, 3.05) is 7.05 Å². The average molecular weight is 227 g/mol. The van der Waals surface area contributed by atoms with Crippen LogP contribution in [0.3, 0.4) is 0 Å². The molecule has 0 bridgehead atoms. The van der Waals surface area contributed by atoms with Crippen molar-refractivity contribution in [1.82, 2.24) is 0 Å². The van der Waals surface area contributed by atoms with Crippen LogP contribution in [0.1, 0.15) is 12.8 Å². The molecule has 0 amide bonds. The van der Waals surface area contributed by atoms with Crippen LogP contribution in [0.25, 0.3) is 0 Å². The molecule has 80 valence electrons. The van der Waals surface area contributed by atoms with E-state index in [0.717, 1.165) is 19.9 Å². The third-order valence-corrected chi connectivity index (χ3v) is 2.37. The second-order valence-corrected chi connectivity index (χ2v) is 3.49. The lowest BCUT2D eigenvalue weighted by molar-refractivity contribution is -0.0580. The number of halogens is 4. The van der Waals surface area contributed by atoms with Gasteiger partial charge in [0.05, 0.1) is 5.03 Å². The molecule has 2 N–H and O–H groups in total. The summed E-state index contributed by atoms with van der Waals surface area (Å²) in [5.74, 6) is 0.00148. The Morgan fingerprint density at radius 2 is 1.93 bits per heavy atom. The lowest BCUT2D eigenvalue weighted by Crippen LogP contribution is -2.25. The number of alkyl halides is 3. The van der Waals surface area contributed by atoms with Gasteiger partial charge in [-0.1, -0.05) is 11.6 Å². The summed E-state index contributed by atoms with van der Waals surface area (Å²) in [5.41, 5.74) is 4.47. The summed E-state index contributed by atoms with van der Waals surface area (Å²) in [6, 6.07) is 0. The van der Waals surface area contributed by atoms with E-state index in [1.807, 2.05) is 0 Å². The Morgan fingerprint density at radius 1 is 1.43 bits per heavy atom. The Labute approximate surface area is 84.6 Å². The van der Waals surface area contributed by atoms with Crippen molar-refractivity contribution in [1.29, 1.82) is 0 Å². The zero-order valence-electron chi connectivity index (χ0n) is 7.53. The minimum Gasteiger partial charge on any atom is -0.401 e. The van der Waals surface area contributed by atoms with Gasteiger partial charge in [-0.2, -0.15) is 13.2 Å². The molecule has 0 atom stereocenters. The van der Waals surface area contributed by atoms with Crippen LogP contribution in [0.2, 0.25) is 0 Å². The van der Waals surface area contributed by atoms with E-state index in [-0.39, 0.29) is 11.6 Å². The Morgan fingerprint density at radius 3 is 2.21 bits per heavy atom. The van der Waals surface area contributed by atoms with Gasteiger partial charge in [-0.3, -0.25) is 4.99 Å². The first-order chi connectivity index (χ1) is 6.38. The molecule has 1 rings (SSSR count). The van der Waals surface area contributed by atoms with Gasteiger partial charge in [0.2, 0.25) is 0 Å². The number of aliphatic imine (C=N–C) groups is 1. The Hall–Kier alpha value is -0.710. The zero-order valence-corrected chi connectivity index (χ0v) is 8.28. The lowest BCUT2D eigenvalue weighted by atomic mass is 10.2. The third-order valence-electron chi connectivity index (χ3n) is 1.97. The molecule has 0 aromatic rings. The fourth-order valence-corrected chi connectivity index (χ4v) is 1.41. The van der Waals surface area contributed by atoms with Gasteiger partial charge in [0, 0.05) is 18.7 Å². The van der Waals surface area contributed by atoms with Crippen molar-refractivity contribution >= 4 is 17.3 Å². The standard InChI is InChI=1S/C8H10ClF3N2/c1-14-7(8(10,11)12)5(9)6(13)4-2-3-4/h4H,2-3,13H2,1H3. The van der Waals surface area contributed by atoms with Gasteiger partial charge in [-0.25, -0.2) is 0 Å². The molecule has 1 aliphatic carbocycles. The van der Waals surface area contributed by atoms with Gasteiger partial charge in [0.25, 0.3) is 0 Å². The zero-order chi connectivity index (χ0) is 10.9. The van der Waals surface area contributed by atoms with Gasteiger partial charge in [0.1, 0.15) is 0 Å². The molecule has 6 heteroatoms. The summed E-state index contributed by atoms with van der Waals surface area (Å²) >= 11 is 5.52. The predicted molar refractivity (Wildman–Crippen MR) is 49.2 cm³/mol. The highest BCUT2D eigenvalue weighted by Gasteiger charge is 2.39. The average Bonchev–Trinajstić information content (AvgIpc) is 2.83. The van der Waals surface area contributed by atoms with E-state index in [1.54, 1.807) is 0 Å². The molecule has 0 aromatic carbocycles. The Balaban J connectivity index is 2.96. The van der Waals surface area contributed by atoms with E-state index in [4.69, 9.17) is 17.3 Å². The molecule has 2 nitrogen and oxygen atoms in total. The van der Waals surface area contributed by atoms with Crippen molar-refractivity contribution in [3.05, 3.63) is 10.7 Å². The van der Waals surface area contributed by atoms with E-state index < -0.39 is 16.9 Å². The number of rotatable bonds is 2. The van der Waals surface area contributed by atoms with Crippen LogP contribution in [0, 0.1) is 5.92 Å². The Bertz CT molecular complexity index is 289. The first kappa shape index (κ1) is 11.4. The predicted octanol–water partition coefficient (Wildman–Crippen LogP) is 2.44.